The van der Waals surface area contributed by atoms with Crippen LogP contribution < -0.4 is 10.2 Å². The smallest absolute Gasteiger partial charge is 0.225 e. The van der Waals surface area contributed by atoms with Crippen LogP contribution in [0.3, 0.4) is 0 Å². The third-order valence-electron chi connectivity index (χ3n) is 8.36. The Morgan fingerprint density at radius 1 is 0.583 bits per heavy atom. The van der Waals surface area contributed by atoms with Crippen molar-refractivity contribution in [1.82, 2.24) is 5.32 Å². The van der Waals surface area contributed by atoms with E-state index in [9.17, 15) is 4.79 Å². The highest BCUT2D eigenvalue weighted by Crippen LogP contribution is 2.13. The lowest BCUT2D eigenvalue weighted by Crippen LogP contribution is -3.11. The number of amides is 1. The van der Waals surface area contributed by atoms with E-state index in [2.05, 4.69) is 39.9 Å². The molecule has 0 saturated carbocycles. The predicted octanol–water partition coefficient (Wildman–Crippen LogP) is 6.93. The van der Waals surface area contributed by atoms with Crippen molar-refractivity contribution in [2.45, 2.75) is 150 Å². The maximum absolute atomic E-state index is 12.4. The van der Waals surface area contributed by atoms with Gasteiger partial charge in [0.2, 0.25) is 5.91 Å². The Bertz CT molecular complexity index is 460. The van der Waals surface area contributed by atoms with Crippen LogP contribution in [-0.2, 0) is 4.79 Å². The molecule has 0 spiro atoms. The molecular weight excluding hydrogens is 442 g/mol. The van der Waals surface area contributed by atoms with Gasteiger partial charge in [-0.05, 0) is 39.5 Å². The highest BCUT2D eigenvalue weighted by molar-refractivity contribution is 5.75. The third-order valence-corrected chi connectivity index (χ3v) is 8.36. The molecule has 4 heteroatoms. The van der Waals surface area contributed by atoms with Crippen LogP contribution in [0, 0.1) is 0 Å². The number of quaternary nitrogens is 2. The van der Waals surface area contributed by atoms with Gasteiger partial charge in [0.25, 0.3) is 0 Å². The molecule has 0 rings (SSSR count). The first-order valence-electron chi connectivity index (χ1n) is 16.5. The molecule has 1 unspecified atom stereocenters. The summed E-state index contributed by atoms with van der Waals surface area (Å²) in [5, 5.41) is 3.22. The molecule has 36 heavy (non-hydrogen) atoms. The molecule has 2 N–H and O–H groups in total. The molecule has 4 nitrogen and oxygen atoms in total. The fraction of sp³-hybridized carbons (Fsp3) is 0.969. The van der Waals surface area contributed by atoms with E-state index >= 15 is 0 Å². The van der Waals surface area contributed by atoms with E-state index in [0.717, 1.165) is 26.1 Å². The first-order valence-corrected chi connectivity index (χ1v) is 16.5. The van der Waals surface area contributed by atoms with E-state index in [1.807, 2.05) is 0 Å². The Balaban J connectivity index is 3.87. The van der Waals surface area contributed by atoms with Crippen LogP contribution in [0.25, 0.3) is 0 Å². The molecule has 0 aliphatic heterocycles. The zero-order valence-corrected chi connectivity index (χ0v) is 25.7. The summed E-state index contributed by atoms with van der Waals surface area (Å²) >= 11 is 0. The lowest BCUT2D eigenvalue weighted by molar-refractivity contribution is -0.927. The van der Waals surface area contributed by atoms with Crippen LogP contribution in [0.5, 0.6) is 0 Å². The molecule has 216 valence electrons. The van der Waals surface area contributed by atoms with E-state index in [1.54, 1.807) is 4.90 Å². The van der Waals surface area contributed by atoms with Crippen LogP contribution in [0.1, 0.15) is 150 Å². The third kappa shape index (κ3) is 20.4. The molecule has 0 aromatic rings. The molecule has 0 aliphatic carbocycles. The van der Waals surface area contributed by atoms with Gasteiger partial charge in [0.1, 0.15) is 0 Å². The van der Waals surface area contributed by atoms with Crippen molar-refractivity contribution in [2.75, 3.05) is 52.4 Å². The topological polar surface area (TPSA) is 33.5 Å². The monoisotopic (exact) mass is 512 g/mol. The summed E-state index contributed by atoms with van der Waals surface area (Å²) in [6.45, 7) is 20.7. The van der Waals surface area contributed by atoms with Crippen molar-refractivity contribution in [3.05, 3.63) is 0 Å². The van der Waals surface area contributed by atoms with E-state index in [0.29, 0.717) is 6.42 Å². The number of carbonyl (C=O) groups is 1. The zero-order chi connectivity index (χ0) is 26.7. The fourth-order valence-corrected chi connectivity index (χ4v) is 5.51. The Hall–Kier alpha value is -0.610. The van der Waals surface area contributed by atoms with Gasteiger partial charge in [0.15, 0.2) is 0 Å². The number of carbonyl (C=O) groups excluding carboxylic acids is 1. The Labute approximate surface area is 227 Å². The Morgan fingerprint density at radius 3 is 1.53 bits per heavy atom. The van der Waals surface area contributed by atoms with Gasteiger partial charge in [-0.3, -0.25) is 4.79 Å². The minimum Gasteiger partial charge on any atom is -0.356 e. The molecule has 0 aliphatic rings. The summed E-state index contributed by atoms with van der Waals surface area (Å²) in [7, 11) is 0. The summed E-state index contributed by atoms with van der Waals surface area (Å²) in [6.07, 6.45) is 23.8. The number of rotatable bonds is 28. The molecule has 0 radical (unpaired) electrons. The highest BCUT2D eigenvalue weighted by atomic mass is 16.1. The van der Waals surface area contributed by atoms with E-state index in [4.69, 9.17) is 0 Å². The summed E-state index contributed by atoms with van der Waals surface area (Å²) in [5.74, 6) is 0.257. The molecule has 0 fully saturated rings. The largest absolute Gasteiger partial charge is 0.356 e. The van der Waals surface area contributed by atoms with Crippen LogP contribution >= 0.6 is 0 Å². The summed E-state index contributed by atoms with van der Waals surface area (Å²) in [4.78, 5) is 14.0. The number of nitrogens with one attached hydrogen (secondary N) is 2. The average Bonchev–Trinajstić information content (AvgIpc) is 2.90. The maximum Gasteiger partial charge on any atom is 0.225 e. The first kappa shape index (κ1) is 35.4. The molecule has 0 bridgehead atoms. The molecule has 0 heterocycles. The number of nitrogens with zero attached hydrogens (tertiary/aromatic N) is 1. The second kappa shape index (κ2) is 26.0. The van der Waals surface area contributed by atoms with Gasteiger partial charge in [-0.15, -0.1) is 0 Å². The van der Waals surface area contributed by atoms with Crippen LogP contribution in [-0.4, -0.2) is 62.7 Å². The molecule has 1 atom stereocenters. The van der Waals surface area contributed by atoms with E-state index < -0.39 is 0 Å². The Kier molecular flexibility index (Phi) is 25.6. The number of hydrogen-bond acceptors (Lipinski definition) is 1. The second-order valence-electron chi connectivity index (χ2n) is 11.5. The van der Waals surface area contributed by atoms with Crippen molar-refractivity contribution < 1.29 is 14.2 Å². The minimum atomic E-state index is 0.257. The van der Waals surface area contributed by atoms with Gasteiger partial charge in [-0.25, -0.2) is 0 Å². The van der Waals surface area contributed by atoms with Crippen molar-refractivity contribution in [3.8, 4) is 0 Å². The van der Waals surface area contributed by atoms with Crippen LogP contribution in [0.15, 0.2) is 0 Å². The van der Waals surface area contributed by atoms with E-state index in [1.165, 1.54) is 140 Å². The van der Waals surface area contributed by atoms with Gasteiger partial charge in [-0.2, -0.15) is 0 Å². The van der Waals surface area contributed by atoms with Crippen molar-refractivity contribution in [1.29, 1.82) is 0 Å². The standard InChI is InChI=1S/C32H67N3O/c1-6-11-14-15-16-17-18-19-20-21-22-23-27-34(9-4)28-25-32(36)33-26-24-31-35(10-5,29-12-7-2)30-13-8-3/h6-31H2,1-5H3/p+2. The van der Waals surface area contributed by atoms with Crippen molar-refractivity contribution in [3.63, 3.8) is 0 Å². The quantitative estimate of drug-likeness (QED) is 0.0867. The maximum atomic E-state index is 12.4. The molecule has 1 amide bonds. The summed E-state index contributed by atoms with van der Waals surface area (Å²) in [5.41, 5.74) is 0. The predicted molar refractivity (Wildman–Crippen MR) is 160 cm³/mol. The van der Waals surface area contributed by atoms with Crippen molar-refractivity contribution >= 4 is 5.91 Å². The lowest BCUT2D eigenvalue weighted by atomic mass is 10.1. The zero-order valence-electron chi connectivity index (χ0n) is 25.7. The summed E-state index contributed by atoms with van der Waals surface area (Å²) in [6, 6.07) is 0. The van der Waals surface area contributed by atoms with Gasteiger partial charge < -0.3 is 14.7 Å². The van der Waals surface area contributed by atoms with Gasteiger partial charge in [0.05, 0.1) is 52.2 Å². The van der Waals surface area contributed by atoms with Crippen molar-refractivity contribution in [2.24, 2.45) is 0 Å². The number of hydrogen-bond donors (Lipinski definition) is 2. The van der Waals surface area contributed by atoms with Gasteiger partial charge >= 0.3 is 0 Å². The van der Waals surface area contributed by atoms with Crippen LogP contribution in [0.4, 0.5) is 0 Å². The number of unbranched alkanes of at least 4 members (excludes halogenated alkanes) is 13. The van der Waals surface area contributed by atoms with Crippen LogP contribution in [0.2, 0.25) is 0 Å². The first-order chi connectivity index (χ1) is 17.6. The normalized spacial score (nSPS) is 12.7. The highest BCUT2D eigenvalue weighted by Gasteiger charge is 2.23. The average molecular weight is 512 g/mol. The molecule has 0 aromatic heterocycles. The second-order valence-corrected chi connectivity index (χ2v) is 11.5. The van der Waals surface area contributed by atoms with Gasteiger partial charge in [0, 0.05) is 13.0 Å². The molecule has 0 aromatic carbocycles. The molecular formula is C32H69N3O+2. The summed E-state index contributed by atoms with van der Waals surface area (Å²) < 4.78 is 1.24. The molecule has 0 saturated heterocycles. The van der Waals surface area contributed by atoms with E-state index in [-0.39, 0.29) is 5.91 Å². The fourth-order valence-electron chi connectivity index (χ4n) is 5.51. The SMILES string of the molecule is CCCCCCCCCCCCCC[NH+](CC)CCC(=O)NCCC[N+](CC)(CCCC)CCCC. The van der Waals surface area contributed by atoms with Gasteiger partial charge in [-0.1, -0.05) is 97.8 Å². The lowest BCUT2D eigenvalue weighted by Gasteiger charge is -2.38. The minimum absolute atomic E-state index is 0.257. The Morgan fingerprint density at radius 2 is 1.06 bits per heavy atom.